The van der Waals surface area contributed by atoms with E-state index in [9.17, 15) is 55.3 Å². The molecule has 56 heavy (non-hydrogen) atoms. The van der Waals surface area contributed by atoms with Crippen molar-refractivity contribution in [1.82, 2.24) is 9.97 Å². The highest BCUT2D eigenvalue weighted by molar-refractivity contribution is 7.86. The van der Waals surface area contributed by atoms with Crippen LogP contribution in [0, 0.1) is 0 Å². The van der Waals surface area contributed by atoms with E-state index in [1.54, 1.807) is 12.1 Å². The molecule has 0 atom stereocenters. The van der Waals surface area contributed by atoms with E-state index in [4.69, 9.17) is 0 Å². The molecule has 0 radical (unpaired) electrons. The molecule has 2 aliphatic rings. The van der Waals surface area contributed by atoms with E-state index in [0.717, 1.165) is 36.4 Å². The molecule has 2 aromatic heterocycles. The minimum atomic E-state index is -4.99. The van der Waals surface area contributed by atoms with Gasteiger partial charge in [-0.15, -0.1) is 0 Å². The third-order valence-electron chi connectivity index (χ3n) is 7.40. The SMILES string of the molecule is O=C(O)C1=NN(c2ccccn2)C(=O)/C1=N/Nc1ccc(/C=C/c2ccc(N/N=C3/C(=O)N(c4ccccn4)N=C3C(=O)O)cc2S(=O)(=O)O)c(S(=O)(=O)O)c1. The van der Waals surface area contributed by atoms with Gasteiger partial charge in [0.25, 0.3) is 20.2 Å². The molecule has 24 heteroatoms. The van der Waals surface area contributed by atoms with Gasteiger partial charge in [-0.2, -0.15) is 47.3 Å². The lowest BCUT2D eigenvalue weighted by Gasteiger charge is -2.10. The summed E-state index contributed by atoms with van der Waals surface area (Å²) in [6.07, 6.45) is 4.85. The van der Waals surface area contributed by atoms with E-state index in [2.05, 4.69) is 41.2 Å². The van der Waals surface area contributed by atoms with Crippen molar-refractivity contribution in [3.8, 4) is 0 Å². The number of pyridine rings is 2. The molecule has 284 valence electrons. The average molecular weight is 803 g/mol. The van der Waals surface area contributed by atoms with Crippen molar-refractivity contribution in [3.63, 3.8) is 0 Å². The van der Waals surface area contributed by atoms with Gasteiger partial charge in [-0.1, -0.05) is 36.4 Å². The quantitative estimate of drug-likeness (QED) is 0.0674. The van der Waals surface area contributed by atoms with E-state index in [1.165, 1.54) is 48.8 Å². The summed E-state index contributed by atoms with van der Waals surface area (Å²) >= 11 is 0. The summed E-state index contributed by atoms with van der Waals surface area (Å²) in [7, 11) is -9.99. The average Bonchev–Trinajstić information content (AvgIpc) is 3.68. The summed E-state index contributed by atoms with van der Waals surface area (Å²) in [4.78, 5) is 55.9. The molecule has 0 aliphatic carbocycles. The van der Waals surface area contributed by atoms with Crippen LogP contribution < -0.4 is 20.9 Å². The van der Waals surface area contributed by atoms with Gasteiger partial charge < -0.3 is 10.2 Å². The Kier molecular flexibility index (Phi) is 10.3. The zero-order valence-electron chi connectivity index (χ0n) is 27.7. The molecule has 0 spiro atoms. The van der Waals surface area contributed by atoms with E-state index in [-0.39, 0.29) is 34.1 Å². The number of carbonyl (C=O) groups excluding carboxylic acids is 2. The highest BCUT2D eigenvalue weighted by atomic mass is 32.2. The van der Waals surface area contributed by atoms with E-state index in [0.29, 0.717) is 10.0 Å². The predicted octanol–water partition coefficient (Wildman–Crippen LogP) is 1.65. The lowest BCUT2D eigenvalue weighted by atomic mass is 10.1. The van der Waals surface area contributed by atoms with Crippen molar-refractivity contribution >= 4 is 102 Å². The zero-order valence-corrected chi connectivity index (χ0v) is 29.3. The number of rotatable bonds is 12. The molecule has 2 aromatic carbocycles. The van der Waals surface area contributed by atoms with Crippen LogP contribution in [-0.4, -0.2) is 92.7 Å². The van der Waals surface area contributed by atoms with Crippen LogP contribution in [0.5, 0.6) is 0 Å². The molecule has 6 rings (SSSR count). The van der Waals surface area contributed by atoms with Crippen molar-refractivity contribution in [3.05, 3.63) is 96.3 Å². The van der Waals surface area contributed by atoms with Gasteiger partial charge in [-0.05, 0) is 59.7 Å². The van der Waals surface area contributed by atoms with Crippen molar-refractivity contribution in [2.24, 2.45) is 20.4 Å². The second-order valence-electron chi connectivity index (χ2n) is 11.1. The van der Waals surface area contributed by atoms with Gasteiger partial charge in [0.1, 0.15) is 9.79 Å². The van der Waals surface area contributed by atoms with Crippen LogP contribution in [0.4, 0.5) is 23.0 Å². The normalized spacial score (nSPS) is 16.1. The second-order valence-corrected chi connectivity index (χ2v) is 13.8. The first kappa shape index (κ1) is 38.2. The number of nitrogens with zero attached hydrogens (tertiary/aromatic N) is 8. The Balaban J connectivity index is 1.26. The van der Waals surface area contributed by atoms with Gasteiger partial charge in [0, 0.05) is 12.4 Å². The maximum Gasteiger partial charge on any atom is 0.358 e. The smallest absolute Gasteiger partial charge is 0.358 e. The lowest BCUT2D eigenvalue weighted by molar-refractivity contribution is -0.130. The number of carboxylic acid groups (broad SMARTS) is 2. The fraction of sp³-hybridized carbons (Fsp3) is 0. The summed E-state index contributed by atoms with van der Waals surface area (Å²) in [6.45, 7) is 0. The number of aromatic nitrogens is 2. The molecular weight excluding hydrogens is 781 g/mol. The number of hydrogen-bond donors (Lipinski definition) is 6. The molecule has 0 unspecified atom stereocenters. The summed E-state index contributed by atoms with van der Waals surface area (Å²) in [5.41, 5.74) is 1.21. The Morgan fingerprint density at radius 1 is 0.625 bits per heavy atom. The van der Waals surface area contributed by atoms with Gasteiger partial charge in [0.05, 0.1) is 11.4 Å². The maximum atomic E-state index is 12.9. The molecule has 4 aromatic rings. The van der Waals surface area contributed by atoms with Crippen LogP contribution in [0.1, 0.15) is 11.1 Å². The van der Waals surface area contributed by atoms with E-state index < -0.39 is 76.6 Å². The topological polar surface area (TPSA) is 323 Å². The minimum Gasteiger partial charge on any atom is -0.476 e. The molecule has 4 heterocycles. The molecule has 0 saturated carbocycles. The third kappa shape index (κ3) is 8.01. The van der Waals surface area contributed by atoms with Crippen molar-refractivity contribution in [2.45, 2.75) is 9.79 Å². The number of anilines is 4. The summed E-state index contributed by atoms with van der Waals surface area (Å²) in [5, 5.41) is 35.7. The van der Waals surface area contributed by atoms with E-state index in [1.807, 2.05) is 0 Å². The van der Waals surface area contributed by atoms with Gasteiger partial charge in [0.2, 0.25) is 11.4 Å². The molecular formula is C32H22N10O12S2. The fourth-order valence-corrected chi connectivity index (χ4v) is 6.32. The largest absolute Gasteiger partial charge is 0.476 e. The van der Waals surface area contributed by atoms with Gasteiger partial charge in [0.15, 0.2) is 23.1 Å². The standard InChI is InChI=1S/C32H22N10O12S2/c43-29-25(27(31(45)46)39-41(29)23-5-1-3-13-33-23)37-35-19-11-9-17(21(15-19)55(49,50)51)7-8-18-10-12-20(16-22(18)56(52,53)54)36-38-26-28(32(47)48)40-42(30(26)44)24-6-2-4-14-34-24/h1-16,35-36H,(H,45,46)(H,47,48)(H,49,50,51)(H,52,53,54)/b8-7+,37-25+,38-26+. The number of hydrogen-bond acceptors (Lipinski definition) is 16. The van der Waals surface area contributed by atoms with Gasteiger partial charge in [-0.3, -0.25) is 29.5 Å². The predicted molar refractivity (Wildman–Crippen MR) is 197 cm³/mol. The van der Waals surface area contributed by atoms with Crippen LogP contribution >= 0.6 is 0 Å². The summed E-state index contributed by atoms with van der Waals surface area (Å²) in [5.74, 6) is -5.13. The van der Waals surface area contributed by atoms with Crippen LogP contribution in [0.15, 0.2) is 115 Å². The zero-order chi connectivity index (χ0) is 40.4. The van der Waals surface area contributed by atoms with Gasteiger partial charge in [-0.25, -0.2) is 19.6 Å². The molecule has 2 amide bonds. The Bertz CT molecular complexity index is 2520. The molecule has 0 saturated heterocycles. The number of hydrazone groups is 4. The molecule has 6 N–H and O–H groups in total. The van der Waals surface area contributed by atoms with Gasteiger partial charge >= 0.3 is 23.8 Å². The Morgan fingerprint density at radius 3 is 1.34 bits per heavy atom. The first-order chi connectivity index (χ1) is 26.5. The first-order valence-corrected chi connectivity index (χ1v) is 18.1. The third-order valence-corrected chi connectivity index (χ3v) is 9.21. The Labute approximate surface area is 314 Å². The van der Waals surface area contributed by atoms with Crippen LogP contribution in [0.2, 0.25) is 0 Å². The lowest BCUT2D eigenvalue weighted by Crippen LogP contribution is -2.31. The molecule has 22 nitrogen and oxygen atoms in total. The minimum absolute atomic E-state index is 0.00160. The Hall–Kier alpha value is -7.54. The van der Waals surface area contributed by atoms with E-state index >= 15 is 0 Å². The number of carboxylic acids is 2. The molecule has 2 aliphatic heterocycles. The fourth-order valence-electron chi connectivity index (χ4n) is 4.90. The number of nitrogens with one attached hydrogen (secondary N) is 2. The highest BCUT2D eigenvalue weighted by Crippen LogP contribution is 2.27. The number of amides is 2. The van der Waals surface area contributed by atoms with Crippen LogP contribution in [0.3, 0.4) is 0 Å². The first-order valence-electron chi connectivity index (χ1n) is 15.3. The molecule has 0 bridgehead atoms. The van der Waals surface area contributed by atoms with Crippen molar-refractivity contribution in [1.29, 1.82) is 0 Å². The van der Waals surface area contributed by atoms with Crippen LogP contribution in [0.25, 0.3) is 12.2 Å². The Morgan fingerprint density at radius 2 is 1.02 bits per heavy atom. The summed E-state index contributed by atoms with van der Waals surface area (Å²) in [6, 6.07) is 15.5. The monoisotopic (exact) mass is 802 g/mol. The second kappa shape index (κ2) is 15.1. The van der Waals surface area contributed by atoms with Crippen molar-refractivity contribution in [2.75, 3.05) is 20.9 Å². The number of carbonyl (C=O) groups is 4. The number of benzene rings is 2. The maximum absolute atomic E-state index is 12.9. The van der Waals surface area contributed by atoms with Crippen molar-refractivity contribution < 1.29 is 55.3 Å². The summed E-state index contributed by atoms with van der Waals surface area (Å²) < 4.78 is 69.5. The van der Waals surface area contributed by atoms with Crippen LogP contribution in [-0.2, 0) is 39.4 Å². The highest BCUT2D eigenvalue weighted by Gasteiger charge is 2.39. The number of aliphatic carboxylic acids is 2. The molecule has 0 fully saturated rings.